The van der Waals surface area contributed by atoms with Crippen LogP contribution in [0.3, 0.4) is 0 Å². The lowest BCUT2D eigenvalue weighted by Gasteiger charge is -2.08. The second-order valence-electron chi connectivity index (χ2n) is 5.15. The molecule has 2 aromatic rings. The van der Waals surface area contributed by atoms with E-state index < -0.39 is 5.82 Å². The highest BCUT2D eigenvalue weighted by Crippen LogP contribution is 2.20. The van der Waals surface area contributed by atoms with Crippen molar-refractivity contribution >= 4 is 23.2 Å². The van der Waals surface area contributed by atoms with Crippen molar-refractivity contribution in [3.63, 3.8) is 0 Å². The zero-order valence-electron chi connectivity index (χ0n) is 15.1. The molecule has 1 aromatic carbocycles. The molecule has 0 saturated heterocycles. The van der Waals surface area contributed by atoms with Gasteiger partial charge in [-0.25, -0.2) is 4.39 Å². The van der Waals surface area contributed by atoms with E-state index in [1.165, 1.54) is 18.3 Å². The molecular weight excluding hydrogens is 371 g/mol. The van der Waals surface area contributed by atoms with E-state index in [0.29, 0.717) is 17.7 Å². The number of carbonyl (C=O) groups is 1. The standard InChI is InChI=1S/C12H13ClFNO2.C7H7N3/c1-3-8(2)15-12(16)7-17-9-4-5-10(13)11(14)6-9;1-9-7-2-3-10-5-6(7)4-8/h4-6H,2-3,7H2,1H3,(H,15,16);2-3,5H,1H3,(H,9,10). The number of hydrogen-bond donors (Lipinski definition) is 2. The molecule has 6 nitrogen and oxygen atoms in total. The van der Waals surface area contributed by atoms with Crippen LogP contribution in [-0.4, -0.2) is 24.5 Å². The van der Waals surface area contributed by atoms with Crippen LogP contribution in [0, 0.1) is 17.1 Å². The highest BCUT2D eigenvalue weighted by molar-refractivity contribution is 6.30. The van der Waals surface area contributed by atoms with Crippen LogP contribution in [-0.2, 0) is 4.79 Å². The van der Waals surface area contributed by atoms with Crippen LogP contribution in [0.25, 0.3) is 0 Å². The maximum atomic E-state index is 13.0. The van der Waals surface area contributed by atoms with E-state index in [1.807, 2.05) is 13.0 Å². The molecule has 1 aromatic heterocycles. The van der Waals surface area contributed by atoms with Gasteiger partial charge in [-0.2, -0.15) is 5.26 Å². The minimum Gasteiger partial charge on any atom is -0.484 e. The third-order valence-corrected chi connectivity index (χ3v) is 3.52. The number of nitrogens with one attached hydrogen (secondary N) is 2. The van der Waals surface area contributed by atoms with Crippen LogP contribution in [0.1, 0.15) is 18.9 Å². The number of allylic oxidation sites excluding steroid dienone is 1. The molecule has 2 N–H and O–H groups in total. The van der Waals surface area contributed by atoms with Crippen molar-refractivity contribution in [2.45, 2.75) is 13.3 Å². The Labute approximate surface area is 162 Å². The number of rotatable bonds is 6. The number of aromatic nitrogens is 1. The lowest BCUT2D eigenvalue weighted by molar-refractivity contribution is -0.122. The first-order valence-corrected chi connectivity index (χ1v) is 8.36. The van der Waals surface area contributed by atoms with Gasteiger partial charge in [0.25, 0.3) is 5.91 Å². The van der Waals surface area contributed by atoms with E-state index in [1.54, 1.807) is 19.3 Å². The summed E-state index contributed by atoms with van der Waals surface area (Å²) in [5, 5.41) is 14.0. The van der Waals surface area contributed by atoms with Crippen molar-refractivity contribution in [1.29, 1.82) is 5.26 Å². The molecule has 8 heteroatoms. The van der Waals surface area contributed by atoms with Crippen molar-refractivity contribution in [3.8, 4) is 11.8 Å². The molecular formula is C19H20ClFN4O2. The van der Waals surface area contributed by atoms with Gasteiger partial charge in [-0.1, -0.05) is 25.1 Å². The molecule has 0 spiro atoms. The van der Waals surface area contributed by atoms with E-state index in [0.717, 1.165) is 11.8 Å². The van der Waals surface area contributed by atoms with Crippen molar-refractivity contribution in [2.24, 2.45) is 0 Å². The number of amides is 1. The second kappa shape index (κ2) is 11.5. The predicted octanol–water partition coefficient (Wildman–Crippen LogP) is 3.89. The van der Waals surface area contributed by atoms with Gasteiger partial charge in [-0.05, 0) is 24.6 Å². The quantitative estimate of drug-likeness (QED) is 0.781. The number of ether oxygens (including phenoxy) is 1. The maximum absolute atomic E-state index is 13.0. The molecule has 142 valence electrons. The molecule has 0 radical (unpaired) electrons. The van der Waals surface area contributed by atoms with Crippen LogP contribution in [0.4, 0.5) is 10.1 Å². The van der Waals surface area contributed by atoms with Gasteiger partial charge in [0, 0.05) is 31.2 Å². The molecule has 0 fully saturated rings. The van der Waals surface area contributed by atoms with E-state index in [9.17, 15) is 9.18 Å². The fourth-order valence-corrected chi connectivity index (χ4v) is 1.86. The number of anilines is 1. The van der Waals surface area contributed by atoms with Gasteiger partial charge in [0.05, 0.1) is 16.3 Å². The average molecular weight is 391 g/mol. The second-order valence-corrected chi connectivity index (χ2v) is 5.56. The minimum absolute atomic E-state index is 0.0150. The van der Waals surface area contributed by atoms with E-state index in [2.05, 4.69) is 22.2 Å². The van der Waals surface area contributed by atoms with Crippen molar-refractivity contribution in [1.82, 2.24) is 10.3 Å². The number of nitriles is 1. The van der Waals surface area contributed by atoms with Gasteiger partial charge < -0.3 is 15.4 Å². The SMILES string of the molecule is C=C(CC)NC(=O)COc1ccc(Cl)c(F)c1.CNc1ccncc1C#N. The zero-order valence-corrected chi connectivity index (χ0v) is 15.8. The van der Waals surface area contributed by atoms with Crippen LogP contribution in [0.2, 0.25) is 5.02 Å². The molecule has 2 rings (SSSR count). The molecule has 1 heterocycles. The molecule has 0 unspecified atom stereocenters. The molecule has 0 saturated carbocycles. The first-order valence-electron chi connectivity index (χ1n) is 7.98. The number of halogens is 2. The first kappa shape index (κ1) is 21.9. The third kappa shape index (κ3) is 7.75. The van der Waals surface area contributed by atoms with Crippen molar-refractivity contribution < 1.29 is 13.9 Å². The molecule has 1 amide bonds. The van der Waals surface area contributed by atoms with Gasteiger partial charge in [0.1, 0.15) is 17.6 Å². The molecule has 0 aliphatic carbocycles. The summed E-state index contributed by atoms with van der Waals surface area (Å²) < 4.78 is 18.1. The topological polar surface area (TPSA) is 87.0 Å². The Morgan fingerprint density at radius 1 is 1.44 bits per heavy atom. The number of carbonyl (C=O) groups excluding carboxylic acids is 1. The summed E-state index contributed by atoms with van der Waals surface area (Å²) in [6.45, 7) is 5.31. The number of benzene rings is 1. The Bertz CT molecular complexity index is 837. The maximum Gasteiger partial charge on any atom is 0.262 e. The molecule has 0 aliphatic heterocycles. The smallest absolute Gasteiger partial charge is 0.262 e. The number of pyridine rings is 1. The average Bonchev–Trinajstić information content (AvgIpc) is 2.69. The Hall–Kier alpha value is -3.11. The van der Waals surface area contributed by atoms with E-state index in [-0.39, 0.29) is 23.3 Å². The van der Waals surface area contributed by atoms with Crippen molar-refractivity contribution in [3.05, 3.63) is 65.3 Å². The fraction of sp³-hybridized carbons (Fsp3) is 0.211. The van der Waals surface area contributed by atoms with Gasteiger partial charge in [-0.3, -0.25) is 9.78 Å². The van der Waals surface area contributed by atoms with Crippen molar-refractivity contribution in [2.75, 3.05) is 19.0 Å². The Morgan fingerprint density at radius 3 is 2.74 bits per heavy atom. The van der Waals surface area contributed by atoms with Crippen LogP contribution in [0.5, 0.6) is 5.75 Å². The summed E-state index contributed by atoms with van der Waals surface area (Å²) in [4.78, 5) is 15.1. The molecule has 0 atom stereocenters. The highest BCUT2D eigenvalue weighted by Gasteiger charge is 2.05. The Balaban J connectivity index is 0.000000309. The number of nitrogens with zero attached hydrogens (tertiary/aromatic N) is 2. The van der Waals surface area contributed by atoms with Gasteiger partial charge in [-0.15, -0.1) is 0 Å². The van der Waals surface area contributed by atoms with E-state index in [4.69, 9.17) is 21.6 Å². The van der Waals surface area contributed by atoms with Gasteiger partial charge in [0.2, 0.25) is 0 Å². The summed E-state index contributed by atoms with van der Waals surface area (Å²) in [5.74, 6) is -0.654. The Kier molecular flexibility index (Phi) is 9.34. The van der Waals surface area contributed by atoms with Crippen LogP contribution >= 0.6 is 11.6 Å². The van der Waals surface area contributed by atoms with Gasteiger partial charge >= 0.3 is 0 Å². The summed E-state index contributed by atoms with van der Waals surface area (Å²) in [6.07, 6.45) is 3.83. The molecule has 0 bridgehead atoms. The summed E-state index contributed by atoms with van der Waals surface area (Å²) in [5.41, 5.74) is 2.00. The lowest BCUT2D eigenvalue weighted by Crippen LogP contribution is -2.27. The molecule has 0 aliphatic rings. The fourth-order valence-electron chi connectivity index (χ4n) is 1.74. The monoisotopic (exact) mass is 390 g/mol. The van der Waals surface area contributed by atoms with Crippen LogP contribution < -0.4 is 15.4 Å². The first-order chi connectivity index (χ1) is 12.9. The Morgan fingerprint density at radius 2 is 2.19 bits per heavy atom. The highest BCUT2D eigenvalue weighted by atomic mass is 35.5. The minimum atomic E-state index is -0.581. The lowest BCUT2D eigenvalue weighted by atomic mass is 10.2. The largest absolute Gasteiger partial charge is 0.484 e. The summed E-state index contributed by atoms with van der Waals surface area (Å²) >= 11 is 5.51. The summed E-state index contributed by atoms with van der Waals surface area (Å²) in [7, 11) is 1.77. The zero-order chi connectivity index (χ0) is 20.2. The predicted molar refractivity (Wildman–Crippen MR) is 103 cm³/mol. The normalized spacial score (nSPS) is 9.30. The van der Waals surface area contributed by atoms with Gasteiger partial charge in [0.15, 0.2) is 6.61 Å². The summed E-state index contributed by atoms with van der Waals surface area (Å²) in [6, 6.07) is 7.78. The number of hydrogen-bond acceptors (Lipinski definition) is 5. The van der Waals surface area contributed by atoms with E-state index >= 15 is 0 Å². The molecule has 27 heavy (non-hydrogen) atoms. The third-order valence-electron chi connectivity index (χ3n) is 3.21. The van der Waals surface area contributed by atoms with Crippen LogP contribution in [0.15, 0.2) is 48.9 Å².